The van der Waals surface area contributed by atoms with Crippen molar-refractivity contribution in [3.8, 4) is 0 Å². The van der Waals surface area contributed by atoms with Gasteiger partial charge in [-0.15, -0.1) is 0 Å². The molecule has 0 bridgehead atoms. The Morgan fingerprint density at radius 3 is 2.11 bits per heavy atom. The third kappa shape index (κ3) is 6.38. The minimum atomic E-state index is -1.32. The first-order valence-electron chi connectivity index (χ1n) is 12.1. The highest BCUT2D eigenvalue weighted by molar-refractivity contribution is 5.96. The average Bonchev–Trinajstić information content (AvgIpc) is 3.38. The van der Waals surface area contributed by atoms with E-state index in [1.54, 1.807) is 37.3 Å². The van der Waals surface area contributed by atoms with E-state index in [0.29, 0.717) is 18.4 Å². The van der Waals surface area contributed by atoms with Crippen molar-refractivity contribution >= 4 is 29.5 Å². The molecule has 12 nitrogen and oxygen atoms in total. The van der Waals surface area contributed by atoms with Crippen molar-refractivity contribution in [3.63, 3.8) is 0 Å². The van der Waals surface area contributed by atoms with E-state index < -0.39 is 73.0 Å². The average molecular weight is 504 g/mol. The first kappa shape index (κ1) is 27.1. The van der Waals surface area contributed by atoms with Gasteiger partial charge in [0.05, 0.1) is 25.7 Å². The van der Waals surface area contributed by atoms with Gasteiger partial charge < -0.3 is 36.4 Å². The van der Waals surface area contributed by atoms with Crippen LogP contribution in [-0.4, -0.2) is 88.6 Å². The van der Waals surface area contributed by atoms with E-state index in [2.05, 4.69) is 21.3 Å². The summed E-state index contributed by atoms with van der Waals surface area (Å²) in [4.78, 5) is 66.1. The highest BCUT2D eigenvalue weighted by atomic mass is 16.3. The Balaban J connectivity index is 1.95. The maximum Gasteiger partial charge on any atom is 0.248 e. The zero-order valence-electron chi connectivity index (χ0n) is 20.1. The van der Waals surface area contributed by atoms with Crippen LogP contribution < -0.4 is 21.3 Å². The summed E-state index contributed by atoms with van der Waals surface area (Å²) < 4.78 is 0. The summed E-state index contributed by atoms with van der Waals surface area (Å²) in [6, 6.07) is 3.33. The van der Waals surface area contributed by atoms with Crippen molar-refractivity contribution in [2.45, 2.75) is 62.8 Å². The van der Waals surface area contributed by atoms with Gasteiger partial charge in [0.1, 0.15) is 24.2 Å². The van der Waals surface area contributed by atoms with Gasteiger partial charge >= 0.3 is 0 Å². The van der Waals surface area contributed by atoms with Crippen LogP contribution >= 0.6 is 0 Å². The topological polar surface area (TPSA) is 177 Å². The molecule has 0 spiro atoms. The largest absolute Gasteiger partial charge is 0.394 e. The minimum Gasteiger partial charge on any atom is -0.394 e. The molecular formula is C24H33N5O7. The Hall–Kier alpha value is -3.51. The summed E-state index contributed by atoms with van der Waals surface area (Å²) in [5, 5.41) is 29.9. The number of rotatable bonds is 4. The Bertz CT molecular complexity index is 973. The second kappa shape index (κ2) is 12.5. The number of amides is 5. The van der Waals surface area contributed by atoms with Gasteiger partial charge in [-0.05, 0) is 24.8 Å². The Labute approximate surface area is 208 Å². The molecule has 12 heteroatoms. The normalized spacial score (nSPS) is 28.6. The summed E-state index contributed by atoms with van der Waals surface area (Å²) in [7, 11) is 0. The molecule has 0 aliphatic carbocycles. The summed E-state index contributed by atoms with van der Waals surface area (Å²) >= 11 is 0. The molecule has 5 atom stereocenters. The highest BCUT2D eigenvalue weighted by Crippen LogP contribution is 2.20. The zero-order valence-corrected chi connectivity index (χ0v) is 20.1. The van der Waals surface area contributed by atoms with Crippen molar-refractivity contribution in [3.05, 3.63) is 35.9 Å². The molecule has 0 saturated carbocycles. The molecule has 6 N–H and O–H groups in total. The first-order valence-corrected chi connectivity index (χ1v) is 12.1. The van der Waals surface area contributed by atoms with Crippen LogP contribution in [0.2, 0.25) is 0 Å². The number of fused-ring (bicyclic) bond motifs is 1. The first-order chi connectivity index (χ1) is 17.3. The van der Waals surface area contributed by atoms with E-state index in [1.807, 2.05) is 0 Å². The SMILES string of the molecule is CCC1NC(=O)C2CCCN2C(=O)C(CO)NC(=O)CC(c2ccccc2)NC(=O)C(CO)NC1=O. The maximum atomic E-state index is 13.1. The van der Waals surface area contributed by atoms with Gasteiger partial charge in [0.25, 0.3) is 0 Å². The molecular weight excluding hydrogens is 470 g/mol. The summed E-state index contributed by atoms with van der Waals surface area (Å²) in [6.07, 6.45) is 0.840. The highest BCUT2D eigenvalue weighted by Gasteiger charge is 2.39. The van der Waals surface area contributed by atoms with Crippen molar-refractivity contribution in [1.29, 1.82) is 0 Å². The lowest BCUT2D eigenvalue weighted by atomic mass is 10.0. The molecule has 2 heterocycles. The van der Waals surface area contributed by atoms with Crippen LogP contribution in [0.25, 0.3) is 0 Å². The minimum absolute atomic E-state index is 0.208. The van der Waals surface area contributed by atoms with E-state index in [0.717, 1.165) is 0 Å². The molecule has 5 unspecified atom stereocenters. The number of carbonyl (C=O) groups is 5. The van der Waals surface area contributed by atoms with Crippen molar-refractivity contribution in [2.75, 3.05) is 19.8 Å². The number of benzene rings is 1. The van der Waals surface area contributed by atoms with Crippen LogP contribution in [0.15, 0.2) is 30.3 Å². The lowest BCUT2D eigenvalue weighted by Crippen LogP contribution is -2.59. The molecule has 2 aliphatic rings. The van der Waals surface area contributed by atoms with Crippen LogP contribution in [-0.2, 0) is 24.0 Å². The van der Waals surface area contributed by atoms with E-state index >= 15 is 0 Å². The monoisotopic (exact) mass is 503 g/mol. The van der Waals surface area contributed by atoms with Gasteiger partial charge in [-0.2, -0.15) is 0 Å². The van der Waals surface area contributed by atoms with Gasteiger partial charge in [-0.25, -0.2) is 0 Å². The molecule has 2 aliphatic heterocycles. The predicted octanol–water partition coefficient (Wildman–Crippen LogP) is -1.91. The van der Waals surface area contributed by atoms with Crippen molar-refractivity contribution < 1.29 is 34.2 Å². The third-order valence-corrected chi connectivity index (χ3v) is 6.42. The molecule has 2 saturated heterocycles. The van der Waals surface area contributed by atoms with E-state index in [4.69, 9.17) is 0 Å². The number of hydrogen-bond acceptors (Lipinski definition) is 7. The molecule has 1 aromatic carbocycles. The fourth-order valence-corrected chi connectivity index (χ4v) is 4.42. The zero-order chi connectivity index (χ0) is 26.2. The van der Waals surface area contributed by atoms with Crippen LogP contribution in [0.3, 0.4) is 0 Å². The van der Waals surface area contributed by atoms with Gasteiger partial charge in [0.15, 0.2) is 0 Å². The Morgan fingerprint density at radius 1 is 0.833 bits per heavy atom. The number of hydrogen-bond donors (Lipinski definition) is 6. The summed E-state index contributed by atoms with van der Waals surface area (Å²) in [5.74, 6) is -3.15. The van der Waals surface area contributed by atoms with Crippen molar-refractivity contribution in [2.24, 2.45) is 0 Å². The number of nitrogens with one attached hydrogen (secondary N) is 4. The summed E-state index contributed by atoms with van der Waals surface area (Å²) in [6.45, 7) is 0.566. The van der Waals surface area contributed by atoms with E-state index in [-0.39, 0.29) is 19.4 Å². The lowest BCUT2D eigenvalue weighted by Gasteiger charge is -2.30. The molecule has 0 aromatic heterocycles. The van der Waals surface area contributed by atoms with E-state index in [1.165, 1.54) is 4.90 Å². The predicted molar refractivity (Wildman–Crippen MR) is 127 cm³/mol. The standard InChI is InChI=1S/C24H33N5O7/c1-2-15-21(33)28-17(12-30)22(34)27-16(14-7-4-3-5-8-14)11-20(32)25-18(13-31)24(36)29-10-6-9-19(29)23(35)26-15/h3-5,7-8,15-19,30-31H,2,6,9-13H2,1H3,(H,25,32)(H,26,35)(H,27,34)(H,28,33). The third-order valence-electron chi connectivity index (χ3n) is 6.42. The van der Waals surface area contributed by atoms with Gasteiger partial charge in [-0.1, -0.05) is 37.3 Å². The molecule has 196 valence electrons. The van der Waals surface area contributed by atoms with Gasteiger partial charge in [0, 0.05) is 6.54 Å². The molecule has 3 rings (SSSR count). The van der Waals surface area contributed by atoms with Crippen LogP contribution in [0, 0.1) is 0 Å². The van der Waals surface area contributed by atoms with Gasteiger partial charge in [-0.3, -0.25) is 24.0 Å². The maximum absolute atomic E-state index is 13.1. The fourth-order valence-electron chi connectivity index (χ4n) is 4.42. The number of aliphatic hydroxyl groups is 2. The van der Waals surface area contributed by atoms with Crippen LogP contribution in [0.1, 0.15) is 44.2 Å². The summed E-state index contributed by atoms with van der Waals surface area (Å²) in [5.41, 5.74) is 0.593. The second-order valence-corrected chi connectivity index (χ2v) is 8.88. The second-order valence-electron chi connectivity index (χ2n) is 8.88. The Morgan fingerprint density at radius 2 is 1.47 bits per heavy atom. The number of carbonyl (C=O) groups excluding carboxylic acids is 5. The molecule has 5 amide bonds. The number of aliphatic hydroxyl groups excluding tert-OH is 2. The van der Waals surface area contributed by atoms with Crippen LogP contribution in [0.4, 0.5) is 0 Å². The lowest BCUT2D eigenvalue weighted by molar-refractivity contribution is -0.143. The van der Waals surface area contributed by atoms with Crippen molar-refractivity contribution in [1.82, 2.24) is 26.2 Å². The molecule has 1 aromatic rings. The van der Waals surface area contributed by atoms with E-state index in [9.17, 15) is 34.2 Å². The smallest absolute Gasteiger partial charge is 0.248 e. The molecule has 2 fully saturated rings. The van der Waals surface area contributed by atoms with Gasteiger partial charge in [0.2, 0.25) is 29.5 Å². The van der Waals surface area contributed by atoms with Crippen LogP contribution in [0.5, 0.6) is 0 Å². The number of nitrogens with zero attached hydrogens (tertiary/aromatic N) is 1. The fraction of sp³-hybridized carbons (Fsp3) is 0.542. The molecule has 0 radical (unpaired) electrons. The Kier molecular flexibility index (Phi) is 9.37. The quantitative estimate of drug-likeness (QED) is 0.278. The molecule has 36 heavy (non-hydrogen) atoms.